The maximum Gasteiger partial charge on any atom is 0.351 e. The lowest BCUT2D eigenvalue weighted by Crippen LogP contribution is -2.24. The molecule has 4 rings (SSSR count). The van der Waals surface area contributed by atoms with Crippen molar-refractivity contribution in [2.24, 2.45) is 0 Å². The topological polar surface area (TPSA) is 126 Å². The van der Waals surface area contributed by atoms with Crippen LogP contribution in [0.4, 0.5) is 4.39 Å². The molecule has 0 fully saturated rings. The molecule has 10 nitrogen and oxygen atoms in total. The minimum atomic E-state index is -0.431. The number of carbonyl (C=O) groups is 1. The first-order valence-corrected chi connectivity index (χ1v) is 8.73. The number of hydrogen-bond acceptors (Lipinski definition) is 5. The molecule has 1 aromatic carbocycles. The molecule has 0 saturated heterocycles. The first-order valence-electron chi connectivity index (χ1n) is 8.73. The Bertz CT molecular complexity index is 1200. The van der Waals surface area contributed by atoms with E-state index in [0.29, 0.717) is 5.69 Å². The second kappa shape index (κ2) is 7.54. The zero-order chi connectivity index (χ0) is 20.4. The van der Waals surface area contributed by atoms with Gasteiger partial charge in [-0.1, -0.05) is 12.1 Å². The summed E-state index contributed by atoms with van der Waals surface area (Å²) in [6.07, 6.45) is 1.32. The third-order valence-electron chi connectivity index (χ3n) is 4.22. The molecule has 11 heteroatoms. The maximum absolute atomic E-state index is 13.0. The van der Waals surface area contributed by atoms with E-state index >= 15 is 0 Å². The van der Waals surface area contributed by atoms with Gasteiger partial charge in [-0.2, -0.15) is 15.3 Å². The van der Waals surface area contributed by atoms with E-state index in [0.717, 1.165) is 11.3 Å². The molecule has 0 unspecified atom stereocenters. The largest absolute Gasteiger partial charge is 0.351 e. The SMILES string of the molecule is Cc1cc(CNC(=O)c2cc(-n3cnn(Cc4ccc(F)cc4)c3=O)n[nH]2)n[nH]1. The van der Waals surface area contributed by atoms with Crippen LogP contribution >= 0.6 is 0 Å². The van der Waals surface area contributed by atoms with Crippen LogP contribution in [0.2, 0.25) is 0 Å². The Labute approximate surface area is 163 Å². The van der Waals surface area contributed by atoms with Crippen LogP contribution in [-0.4, -0.2) is 40.6 Å². The average molecular weight is 396 g/mol. The van der Waals surface area contributed by atoms with Gasteiger partial charge in [-0.05, 0) is 30.7 Å². The van der Waals surface area contributed by atoms with Crippen molar-refractivity contribution < 1.29 is 9.18 Å². The molecule has 0 bridgehead atoms. The van der Waals surface area contributed by atoms with Gasteiger partial charge in [-0.25, -0.2) is 18.4 Å². The Morgan fingerprint density at radius 1 is 1.17 bits per heavy atom. The van der Waals surface area contributed by atoms with Crippen molar-refractivity contribution in [3.63, 3.8) is 0 Å². The Kier molecular flexibility index (Phi) is 4.77. The molecule has 0 saturated carbocycles. The summed E-state index contributed by atoms with van der Waals surface area (Å²) in [4.78, 5) is 24.8. The first kappa shape index (κ1) is 18.3. The predicted octanol–water partition coefficient (Wildman–Crippen LogP) is 0.906. The molecule has 0 spiro atoms. The molecule has 3 N–H and O–H groups in total. The summed E-state index contributed by atoms with van der Waals surface area (Å²) in [5.74, 6) is -0.492. The van der Waals surface area contributed by atoms with Gasteiger partial charge in [-0.15, -0.1) is 0 Å². The quantitative estimate of drug-likeness (QED) is 0.446. The van der Waals surface area contributed by atoms with Gasteiger partial charge in [0.05, 0.1) is 18.8 Å². The van der Waals surface area contributed by atoms with Crippen molar-refractivity contribution in [3.05, 3.63) is 81.7 Å². The fourth-order valence-electron chi connectivity index (χ4n) is 2.75. The van der Waals surface area contributed by atoms with Crippen molar-refractivity contribution >= 4 is 5.91 Å². The standard InChI is InChI=1S/C18H17FN8O2/c1-11-6-14(23-22-11)8-20-17(28)15-7-16(25-24-15)26-10-21-27(18(26)29)9-12-2-4-13(19)5-3-12/h2-7,10H,8-9H2,1H3,(H,20,28)(H,22,23)(H,24,25). The normalized spacial score (nSPS) is 11.0. The third kappa shape index (κ3) is 3.98. The Morgan fingerprint density at radius 2 is 1.97 bits per heavy atom. The van der Waals surface area contributed by atoms with E-state index in [9.17, 15) is 14.0 Å². The van der Waals surface area contributed by atoms with Crippen molar-refractivity contribution in [1.29, 1.82) is 0 Å². The van der Waals surface area contributed by atoms with Gasteiger partial charge < -0.3 is 5.32 Å². The Morgan fingerprint density at radius 3 is 2.69 bits per heavy atom. The molecular formula is C18H17FN8O2. The number of nitrogens with zero attached hydrogens (tertiary/aromatic N) is 5. The van der Waals surface area contributed by atoms with E-state index in [4.69, 9.17) is 0 Å². The maximum atomic E-state index is 13.0. The molecule has 148 valence electrons. The molecular weight excluding hydrogens is 379 g/mol. The van der Waals surface area contributed by atoms with Crippen molar-refractivity contribution in [3.8, 4) is 5.82 Å². The molecule has 0 atom stereocenters. The molecule has 4 aromatic rings. The second-order valence-corrected chi connectivity index (χ2v) is 6.43. The minimum absolute atomic E-state index is 0.187. The summed E-state index contributed by atoms with van der Waals surface area (Å²) in [5, 5.41) is 20.2. The highest BCUT2D eigenvalue weighted by molar-refractivity contribution is 5.92. The number of H-pyrrole nitrogens is 2. The van der Waals surface area contributed by atoms with E-state index in [1.54, 1.807) is 12.1 Å². The zero-order valence-corrected chi connectivity index (χ0v) is 15.4. The van der Waals surface area contributed by atoms with Crippen molar-refractivity contribution in [1.82, 2.24) is 40.1 Å². The molecule has 29 heavy (non-hydrogen) atoms. The molecule has 0 aliphatic heterocycles. The smallest absolute Gasteiger partial charge is 0.345 e. The summed E-state index contributed by atoms with van der Waals surface area (Å²) in [5.41, 5.74) is 2.10. The van der Waals surface area contributed by atoms with Crippen LogP contribution < -0.4 is 11.0 Å². The monoisotopic (exact) mass is 396 g/mol. The number of hydrogen-bond donors (Lipinski definition) is 3. The number of nitrogens with one attached hydrogen (secondary N) is 3. The van der Waals surface area contributed by atoms with E-state index in [1.165, 1.54) is 33.8 Å². The lowest BCUT2D eigenvalue weighted by Gasteiger charge is -2.00. The highest BCUT2D eigenvalue weighted by Gasteiger charge is 2.14. The van der Waals surface area contributed by atoms with E-state index < -0.39 is 5.69 Å². The Hall–Kier alpha value is -4.02. The fraction of sp³-hybridized carbons (Fsp3) is 0.167. The molecule has 3 heterocycles. The minimum Gasteiger partial charge on any atom is -0.345 e. The number of benzene rings is 1. The van der Waals surface area contributed by atoms with Crippen molar-refractivity contribution in [2.45, 2.75) is 20.0 Å². The lowest BCUT2D eigenvalue weighted by atomic mass is 10.2. The van der Waals surface area contributed by atoms with Crippen LogP contribution in [0.1, 0.15) is 27.4 Å². The molecule has 1 amide bonds. The van der Waals surface area contributed by atoms with Crippen LogP contribution in [0.15, 0.2) is 47.5 Å². The van der Waals surface area contributed by atoms with Gasteiger partial charge in [0, 0.05) is 11.8 Å². The van der Waals surface area contributed by atoms with E-state index in [2.05, 4.69) is 30.8 Å². The number of rotatable bonds is 6. The van der Waals surface area contributed by atoms with Crippen molar-refractivity contribution in [2.75, 3.05) is 0 Å². The summed E-state index contributed by atoms with van der Waals surface area (Å²) in [6.45, 7) is 2.31. The molecule has 3 aromatic heterocycles. The van der Waals surface area contributed by atoms with E-state index in [-0.39, 0.29) is 36.3 Å². The number of halogens is 1. The number of carbonyl (C=O) groups excluding carboxylic acids is 1. The van der Waals surface area contributed by atoms with Crippen LogP contribution in [0.5, 0.6) is 0 Å². The van der Waals surface area contributed by atoms with Gasteiger partial charge >= 0.3 is 5.69 Å². The van der Waals surface area contributed by atoms with Gasteiger partial charge in [0.1, 0.15) is 17.8 Å². The summed E-state index contributed by atoms with van der Waals surface area (Å²) < 4.78 is 15.5. The first-order chi connectivity index (χ1) is 14.0. The van der Waals surface area contributed by atoms with Gasteiger partial charge in [0.15, 0.2) is 5.82 Å². The van der Waals surface area contributed by atoms with Gasteiger partial charge in [-0.3, -0.25) is 15.0 Å². The number of aromatic amines is 2. The molecule has 0 aliphatic rings. The average Bonchev–Trinajstić information content (AvgIpc) is 3.43. The van der Waals surface area contributed by atoms with Gasteiger partial charge in [0.25, 0.3) is 5.91 Å². The second-order valence-electron chi connectivity index (χ2n) is 6.43. The van der Waals surface area contributed by atoms with E-state index in [1.807, 2.05) is 13.0 Å². The fourth-order valence-corrected chi connectivity index (χ4v) is 2.75. The van der Waals surface area contributed by atoms with Crippen LogP contribution in [0.3, 0.4) is 0 Å². The van der Waals surface area contributed by atoms with Crippen LogP contribution in [0.25, 0.3) is 5.82 Å². The number of aryl methyl sites for hydroxylation is 1. The highest BCUT2D eigenvalue weighted by Crippen LogP contribution is 2.06. The summed E-state index contributed by atoms with van der Waals surface area (Å²) in [7, 11) is 0. The van der Waals surface area contributed by atoms with Gasteiger partial charge in [0.2, 0.25) is 0 Å². The lowest BCUT2D eigenvalue weighted by molar-refractivity contribution is 0.0945. The Balaban J connectivity index is 1.46. The molecule has 0 aliphatic carbocycles. The number of aromatic nitrogens is 7. The van der Waals surface area contributed by atoms with Crippen LogP contribution in [-0.2, 0) is 13.1 Å². The predicted molar refractivity (Wildman–Crippen MR) is 100.0 cm³/mol. The molecule has 0 radical (unpaired) electrons. The van der Waals surface area contributed by atoms with Crippen LogP contribution in [0, 0.1) is 12.7 Å². The number of amides is 1. The summed E-state index contributed by atoms with van der Waals surface area (Å²) in [6, 6.07) is 9.09. The zero-order valence-electron chi connectivity index (χ0n) is 15.4. The highest BCUT2D eigenvalue weighted by atomic mass is 19.1. The summed E-state index contributed by atoms with van der Waals surface area (Å²) >= 11 is 0. The third-order valence-corrected chi connectivity index (χ3v) is 4.22.